The van der Waals surface area contributed by atoms with E-state index in [2.05, 4.69) is 25.6 Å². The number of nitrogens with zero attached hydrogens (tertiary/aromatic N) is 2. The number of benzene rings is 2. The number of rotatable bonds is 6. The largest absolute Gasteiger partial charge is 0.342 e. The van der Waals surface area contributed by atoms with Crippen molar-refractivity contribution in [3.63, 3.8) is 0 Å². The Morgan fingerprint density at radius 3 is 2.71 bits per heavy atom. The summed E-state index contributed by atoms with van der Waals surface area (Å²) in [6.45, 7) is 1.79. The summed E-state index contributed by atoms with van der Waals surface area (Å²) >= 11 is 1.41. The molecular formula is C20H19N5O2S. The van der Waals surface area contributed by atoms with E-state index >= 15 is 0 Å². The number of aryl methyl sites for hydroxylation is 1. The zero-order valence-electron chi connectivity index (χ0n) is 15.3. The normalized spacial score (nSPS) is 11.0. The van der Waals surface area contributed by atoms with Gasteiger partial charge in [0.25, 0.3) is 0 Å². The van der Waals surface area contributed by atoms with Gasteiger partial charge in [0.15, 0.2) is 5.13 Å². The highest BCUT2D eigenvalue weighted by Crippen LogP contribution is 2.28. The molecule has 0 aliphatic heterocycles. The van der Waals surface area contributed by atoms with E-state index in [0.29, 0.717) is 30.1 Å². The van der Waals surface area contributed by atoms with Crippen LogP contribution in [0.1, 0.15) is 25.6 Å². The van der Waals surface area contributed by atoms with Crippen molar-refractivity contribution < 1.29 is 9.59 Å². The number of aromatic amines is 1. The molecule has 2 amide bonds. The Kier molecular flexibility index (Phi) is 5.03. The lowest BCUT2D eigenvalue weighted by atomic mass is 10.2. The molecule has 7 nitrogen and oxygen atoms in total. The van der Waals surface area contributed by atoms with Crippen molar-refractivity contribution >= 4 is 55.2 Å². The van der Waals surface area contributed by atoms with Crippen molar-refractivity contribution in [2.45, 2.75) is 26.2 Å². The summed E-state index contributed by atoms with van der Waals surface area (Å²) in [5.74, 6) is 0.635. The molecule has 0 saturated carbocycles. The van der Waals surface area contributed by atoms with Gasteiger partial charge in [0, 0.05) is 24.9 Å². The maximum atomic E-state index is 12.3. The summed E-state index contributed by atoms with van der Waals surface area (Å²) in [6.07, 6.45) is 1.27. The van der Waals surface area contributed by atoms with E-state index in [9.17, 15) is 9.59 Å². The number of aromatic nitrogens is 3. The number of hydrogen-bond donors (Lipinski definition) is 3. The maximum absolute atomic E-state index is 12.3. The smallest absolute Gasteiger partial charge is 0.225 e. The number of para-hydroxylation sites is 2. The minimum Gasteiger partial charge on any atom is -0.342 e. The summed E-state index contributed by atoms with van der Waals surface area (Å²) in [4.78, 5) is 35.9. The van der Waals surface area contributed by atoms with E-state index in [1.165, 1.54) is 11.3 Å². The number of imidazole rings is 1. The summed E-state index contributed by atoms with van der Waals surface area (Å²) in [5, 5.41) is 6.22. The predicted octanol–water partition coefficient (Wildman–Crippen LogP) is 4.09. The number of carbonyl (C=O) groups is 2. The molecule has 0 saturated heterocycles. The fraction of sp³-hybridized carbons (Fsp3) is 0.200. The number of hydrogen-bond acceptors (Lipinski definition) is 5. The number of thiazole rings is 1. The van der Waals surface area contributed by atoms with Crippen LogP contribution in [-0.4, -0.2) is 26.8 Å². The first-order valence-corrected chi connectivity index (χ1v) is 9.86. The molecule has 0 bridgehead atoms. The summed E-state index contributed by atoms with van der Waals surface area (Å²) in [5.41, 5.74) is 3.29. The number of amides is 2. The highest BCUT2D eigenvalue weighted by molar-refractivity contribution is 7.22. The molecule has 3 N–H and O–H groups in total. The van der Waals surface area contributed by atoms with Gasteiger partial charge in [-0.25, -0.2) is 9.97 Å². The van der Waals surface area contributed by atoms with Gasteiger partial charge in [0.05, 0.1) is 21.3 Å². The second-order valence-corrected chi connectivity index (χ2v) is 7.38. The second kappa shape index (κ2) is 7.77. The average molecular weight is 393 g/mol. The molecule has 0 fully saturated rings. The fourth-order valence-corrected chi connectivity index (χ4v) is 3.71. The van der Waals surface area contributed by atoms with E-state index in [1.54, 1.807) is 6.92 Å². The van der Waals surface area contributed by atoms with Crippen molar-refractivity contribution in [1.29, 1.82) is 0 Å². The van der Waals surface area contributed by atoms with Crippen LogP contribution < -0.4 is 10.6 Å². The molecule has 0 radical (unpaired) electrons. The highest BCUT2D eigenvalue weighted by atomic mass is 32.1. The van der Waals surface area contributed by atoms with E-state index in [4.69, 9.17) is 0 Å². The Balaban J connectivity index is 1.39. The van der Waals surface area contributed by atoms with E-state index in [1.807, 2.05) is 42.5 Å². The number of H-pyrrole nitrogens is 1. The lowest BCUT2D eigenvalue weighted by Crippen LogP contribution is -2.12. The van der Waals surface area contributed by atoms with Crippen molar-refractivity contribution in [1.82, 2.24) is 15.0 Å². The molecule has 0 aliphatic rings. The van der Waals surface area contributed by atoms with Crippen molar-refractivity contribution in [2.75, 3.05) is 10.6 Å². The van der Waals surface area contributed by atoms with Gasteiger partial charge in [-0.3, -0.25) is 9.59 Å². The van der Waals surface area contributed by atoms with Crippen LogP contribution in [0.25, 0.3) is 21.3 Å². The quantitative estimate of drug-likeness (QED) is 0.459. The maximum Gasteiger partial charge on any atom is 0.225 e. The Bertz CT molecular complexity index is 1130. The average Bonchev–Trinajstić information content (AvgIpc) is 3.28. The molecule has 4 aromatic rings. The molecule has 0 unspecified atom stereocenters. The lowest BCUT2D eigenvalue weighted by Gasteiger charge is -2.04. The molecular weight excluding hydrogens is 374 g/mol. The molecule has 2 aromatic carbocycles. The van der Waals surface area contributed by atoms with Gasteiger partial charge in [0.1, 0.15) is 5.82 Å². The Morgan fingerprint density at radius 1 is 1.04 bits per heavy atom. The number of carbonyl (C=O) groups excluding carboxylic acids is 2. The van der Waals surface area contributed by atoms with Crippen LogP contribution in [-0.2, 0) is 16.0 Å². The Labute approximate surface area is 165 Å². The van der Waals surface area contributed by atoms with E-state index in [-0.39, 0.29) is 11.8 Å². The lowest BCUT2D eigenvalue weighted by molar-refractivity contribution is -0.116. The van der Waals surface area contributed by atoms with Gasteiger partial charge in [-0.1, -0.05) is 30.4 Å². The third kappa shape index (κ3) is 4.01. The second-order valence-electron chi connectivity index (χ2n) is 6.35. The molecule has 2 heterocycles. The van der Waals surface area contributed by atoms with Gasteiger partial charge in [0.2, 0.25) is 11.8 Å². The van der Waals surface area contributed by atoms with Crippen LogP contribution in [0.4, 0.5) is 10.8 Å². The minimum atomic E-state index is -0.0884. The van der Waals surface area contributed by atoms with Crippen LogP contribution in [0.2, 0.25) is 0 Å². The fourth-order valence-electron chi connectivity index (χ4n) is 2.85. The monoisotopic (exact) mass is 393 g/mol. The van der Waals surface area contributed by atoms with Crippen LogP contribution in [0.3, 0.4) is 0 Å². The summed E-state index contributed by atoms with van der Waals surface area (Å²) < 4.78 is 0.951. The molecule has 0 aliphatic carbocycles. The Morgan fingerprint density at radius 2 is 1.89 bits per heavy atom. The van der Waals surface area contributed by atoms with E-state index < -0.39 is 0 Å². The van der Waals surface area contributed by atoms with Crippen LogP contribution >= 0.6 is 11.3 Å². The zero-order valence-corrected chi connectivity index (χ0v) is 16.1. The molecule has 2 aromatic heterocycles. The summed E-state index contributed by atoms with van der Waals surface area (Å²) in [6, 6.07) is 13.3. The Hall–Kier alpha value is -3.26. The van der Waals surface area contributed by atoms with Crippen molar-refractivity contribution in [2.24, 2.45) is 0 Å². The third-order valence-electron chi connectivity index (χ3n) is 4.27. The molecule has 4 rings (SSSR count). The van der Waals surface area contributed by atoms with Gasteiger partial charge >= 0.3 is 0 Å². The molecule has 0 spiro atoms. The molecule has 0 atom stereocenters. The third-order valence-corrected chi connectivity index (χ3v) is 5.22. The predicted molar refractivity (Wildman–Crippen MR) is 112 cm³/mol. The van der Waals surface area contributed by atoms with Crippen LogP contribution in [0.15, 0.2) is 42.5 Å². The molecule has 28 heavy (non-hydrogen) atoms. The van der Waals surface area contributed by atoms with Crippen molar-refractivity contribution in [3.05, 3.63) is 48.3 Å². The molecule has 142 valence electrons. The number of anilines is 2. The van der Waals surface area contributed by atoms with Crippen LogP contribution in [0, 0.1) is 0 Å². The van der Waals surface area contributed by atoms with Gasteiger partial charge < -0.3 is 15.6 Å². The minimum absolute atomic E-state index is 0.0711. The first kappa shape index (κ1) is 18.1. The topological polar surface area (TPSA) is 99.8 Å². The summed E-state index contributed by atoms with van der Waals surface area (Å²) in [7, 11) is 0. The number of nitrogens with one attached hydrogen (secondary N) is 3. The first-order chi connectivity index (χ1) is 13.6. The highest BCUT2D eigenvalue weighted by Gasteiger charge is 2.10. The van der Waals surface area contributed by atoms with Gasteiger partial charge in [-0.15, -0.1) is 0 Å². The SMILES string of the molecule is CCC(=O)Nc1nc2cc(NC(=O)CCc3nc4ccccc4[nH]3)ccc2s1. The van der Waals surface area contributed by atoms with Gasteiger partial charge in [-0.05, 0) is 30.3 Å². The first-order valence-electron chi connectivity index (χ1n) is 9.04. The number of fused-ring (bicyclic) bond motifs is 2. The zero-order chi connectivity index (χ0) is 19.5. The molecule has 8 heteroatoms. The van der Waals surface area contributed by atoms with Gasteiger partial charge in [-0.2, -0.15) is 0 Å². The van der Waals surface area contributed by atoms with E-state index in [0.717, 1.165) is 27.1 Å². The van der Waals surface area contributed by atoms with Crippen LogP contribution in [0.5, 0.6) is 0 Å². The van der Waals surface area contributed by atoms with Crippen molar-refractivity contribution in [3.8, 4) is 0 Å². The standard InChI is InChI=1S/C20H19N5O2S/c1-2-18(26)25-20-24-15-11-12(7-8-16(15)28-20)21-19(27)10-9-17-22-13-5-3-4-6-14(13)23-17/h3-8,11H,2,9-10H2,1H3,(H,21,27)(H,22,23)(H,24,25,26).